The molecule has 5 heterocycles. The summed E-state index contributed by atoms with van der Waals surface area (Å²) in [4.78, 5) is 35.0. The lowest BCUT2D eigenvalue weighted by Gasteiger charge is -2.36. The molecule has 3 aliphatic rings. The molecule has 2 aromatic heterocycles. The van der Waals surface area contributed by atoms with Crippen LogP contribution in [0.5, 0.6) is 17.2 Å². The van der Waals surface area contributed by atoms with Crippen molar-refractivity contribution in [2.75, 3.05) is 82.5 Å². The highest BCUT2D eigenvalue weighted by molar-refractivity contribution is 5.97. The van der Waals surface area contributed by atoms with Crippen LogP contribution in [-0.2, 0) is 0 Å². The number of carbonyl (C=O) groups excluding carboxylic acids is 2. The van der Waals surface area contributed by atoms with Gasteiger partial charge in [0, 0.05) is 69.8 Å². The van der Waals surface area contributed by atoms with Crippen LogP contribution in [0.2, 0.25) is 0 Å². The highest BCUT2D eigenvalue weighted by Gasteiger charge is 2.29. The van der Waals surface area contributed by atoms with Crippen molar-refractivity contribution >= 4 is 23.2 Å². The molecule has 0 saturated carbocycles. The van der Waals surface area contributed by atoms with Crippen LogP contribution in [0.15, 0.2) is 109 Å². The standard InChI is InChI=1S/C24H26N4O3.C22H24N4O2/c1-17-23(18(2)28(25-17)19-6-4-3-5-7-19)24(29)27-12-10-26(11-13-27)20-8-9-21-22(16-20)31-15-14-30-21;1-17-16-21(26(23-17)19-8-10-20(28-2)11-9-19)22(27)25-14-12-24(13-15-25)18-6-4-3-5-7-18/h3-9,16H,10-15H2,1-2H3;3-11,16H,12-15H2,1-2H3. The van der Waals surface area contributed by atoms with Crippen LogP contribution in [0.1, 0.15) is 37.9 Å². The van der Waals surface area contributed by atoms with Gasteiger partial charge in [-0.15, -0.1) is 0 Å². The molecule has 13 nitrogen and oxygen atoms in total. The van der Waals surface area contributed by atoms with Gasteiger partial charge in [-0.3, -0.25) is 9.59 Å². The lowest BCUT2D eigenvalue weighted by molar-refractivity contribution is 0.0733. The molecule has 2 fully saturated rings. The van der Waals surface area contributed by atoms with Crippen LogP contribution in [0.3, 0.4) is 0 Å². The van der Waals surface area contributed by atoms with Gasteiger partial charge in [0.05, 0.1) is 41.1 Å². The number of nitrogens with zero attached hydrogens (tertiary/aromatic N) is 8. The summed E-state index contributed by atoms with van der Waals surface area (Å²) in [5.74, 6) is 2.44. The van der Waals surface area contributed by atoms with E-state index in [1.54, 1.807) is 11.8 Å². The smallest absolute Gasteiger partial charge is 0.272 e. The minimum atomic E-state index is 0.0177. The molecule has 13 heteroatoms. The number of amides is 2. The number of ether oxygens (including phenoxy) is 3. The summed E-state index contributed by atoms with van der Waals surface area (Å²) in [5.41, 5.74) is 7.87. The first-order valence-electron chi connectivity index (χ1n) is 20.1. The second kappa shape index (κ2) is 17.4. The van der Waals surface area contributed by atoms with E-state index in [1.807, 2.05) is 126 Å². The van der Waals surface area contributed by atoms with E-state index in [1.165, 1.54) is 5.69 Å². The van der Waals surface area contributed by atoms with Crippen LogP contribution in [0.25, 0.3) is 11.4 Å². The van der Waals surface area contributed by atoms with Crippen molar-refractivity contribution < 1.29 is 23.8 Å². The molecule has 6 aromatic rings. The van der Waals surface area contributed by atoms with Gasteiger partial charge in [-0.25, -0.2) is 9.36 Å². The fraction of sp³-hybridized carbons (Fsp3) is 0.304. The van der Waals surface area contributed by atoms with Crippen molar-refractivity contribution in [1.82, 2.24) is 29.4 Å². The van der Waals surface area contributed by atoms with E-state index < -0.39 is 0 Å². The second-order valence-electron chi connectivity index (χ2n) is 14.8. The Labute approximate surface area is 344 Å². The molecule has 0 bridgehead atoms. The van der Waals surface area contributed by atoms with Crippen molar-refractivity contribution in [3.63, 3.8) is 0 Å². The Bertz CT molecular complexity index is 2380. The fourth-order valence-electron chi connectivity index (χ4n) is 7.87. The lowest BCUT2D eigenvalue weighted by atomic mass is 10.1. The van der Waals surface area contributed by atoms with Gasteiger partial charge in [0.25, 0.3) is 11.8 Å². The number of aryl methyl sites for hydroxylation is 2. The van der Waals surface area contributed by atoms with Gasteiger partial charge in [-0.2, -0.15) is 10.2 Å². The van der Waals surface area contributed by atoms with Crippen molar-refractivity contribution in [2.45, 2.75) is 20.8 Å². The van der Waals surface area contributed by atoms with Crippen LogP contribution in [0, 0.1) is 20.8 Å². The Hall–Kier alpha value is -6.76. The normalized spacial score (nSPS) is 15.1. The molecule has 4 aromatic carbocycles. The second-order valence-corrected chi connectivity index (χ2v) is 14.8. The molecule has 9 rings (SSSR count). The molecule has 0 unspecified atom stereocenters. The Morgan fingerprint density at radius 3 is 1.73 bits per heavy atom. The minimum Gasteiger partial charge on any atom is -0.497 e. The lowest BCUT2D eigenvalue weighted by Crippen LogP contribution is -2.49. The molecule has 304 valence electrons. The summed E-state index contributed by atoms with van der Waals surface area (Å²) in [5, 5.41) is 9.17. The summed E-state index contributed by atoms with van der Waals surface area (Å²) in [7, 11) is 1.64. The van der Waals surface area contributed by atoms with Crippen molar-refractivity contribution in [3.8, 4) is 28.6 Å². The van der Waals surface area contributed by atoms with E-state index in [-0.39, 0.29) is 11.8 Å². The van der Waals surface area contributed by atoms with Crippen molar-refractivity contribution in [2.24, 2.45) is 0 Å². The van der Waals surface area contributed by atoms with Crippen LogP contribution in [-0.4, -0.2) is 114 Å². The predicted molar refractivity (Wildman–Crippen MR) is 228 cm³/mol. The average Bonchev–Trinajstić information content (AvgIpc) is 3.84. The number of methoxy groups -OCH3 is 1. The number of rotatable bonds is 7. The number of hydrogen-bond donors (Lipinski definition) is 0. The van der Waals surface area contributed by atoms with Crippen LogP contribution in [0.4, 0.5) is 11.4 Å². The third-order valence-corrected chi connectivity index (χ3v) is 11.0. The van der Waals surface area contributed by atoms with Crippen LogP contribution < -0.4 is 24.0 Å². The fourth-order valence-corrected chi connectivity index (χ4v) is 7.87. The Balaban J connectivity index is 0.000000165. The zero-order valence-corrected chi connectivity index (χ0v) is 34.1. The summed E-state index contributed by atoms with van der Waals surface area (Å²) < 4.78 is 20.1. The van der Waals surface area contributed by atoms with Gasteiger partial charge >= 0.3 is 0 Å². The molecule has 0 N–H and O–H groups in total. The number of benzene rings is 4. The maximum Gasteiger partial charge on any atom is 0.272 e. The van der Waals surface area contributed by atoms with Gasteiger partial charge in [0.2, 0.25) is 0 Å². The Morgan fingerprint density at radius 2 is 1.10 bits per heavy atom. The number of hydrogen-bond acceptors (Lipinski definition) is 9. The monoisotopic (exact) mass is 794 g/mol. The van der Waals surface area contributed by atoms with Crippen molar-refractivity contribution in [3.05, 3.63) is 138 Å². The first-order valence-corrected chi connectivity index (χ1v) is 20.1. The molecule has 2 amide bonds. The maximum atomic E-state index is 13.3. The van der Waals surface area contributed by atoms with E-state index in [9.17, 15) is 9.59 Å². The summed E-state index contributed by atoms with van der Waals surface area (Å²) in [6.45, 7) is 12.9. The molecule has 2 saturated heterocycles. The van der Waals surface area contributed by atoms with E-state index in [0.717, 1.165) is 77.6 Å². The third-order valence-electron chi connectivity index (χ3n) is 11.0. The summed E-state index contributed by atoms with van der Waals surface area (Å²) in [6, 6.07) is 35.7. The molecule has 0 aliphatic carbocycles. The molecule has 59 heavy (non-hydrogen) atoms. The van der Waals surface area contributed by atoms with Gasteiger partial charge in [0.15, 0.2) is 11.5 Å². The Morgan fingerprint density at radius 1 is 0.559 bits per heavy atom. The largest absolute Gasteiger partial charge is 0.497 e. The van der Waals surface area contributed by atoms with E-state index in [4.69, 9.17) is 14.2 Å². The van der Waals surface area contributed by atoms with Gasteiger partial charge < -0.3 is 33.8 Å². The Kier molecular flexibility index (Phi) is 11.5. The molecular weight excluding hydrogens is 745 g/mol. The predicted octanol–water partition coefficient (Wildman–Crippen LogP) is 6.37. The van der Waals surface area contributed by atoms with Crippen molar-refractivity contribution in [1.29, 1.82) is 0 Å². The van der Waals surface area contributed by atoms with Gasteiger partial charge in [-0.1, -0.05) is 36.4 Å². The molecular formula is C46H50N8O5. The number of carbonyl (C=O) groups is 2. The number of fused-ring (bicyclic) bond motifs is 1. The SMILES string of the molecule is COc1ccc(-n2nc(C)cc2C(=O)N2CCN(c3ccccc3)CC2)cc1.Cc1nn(-c2ccccc2)c(C)c1C(=O)N1CCN(c2ccc3c(c2)OCCO3)CC1. The van der Waals surface area contributed by atoms with E-state index in [2.05, 4.69) is 38.2 Å². The number of para-hydroxylation sites is 2. The molecule has 0 spiro atoms. The highest BCUT2D eigenvalue weighted by atomic mass is 16.6. The molecule has 0 radical (unpaired) electrons. The first kappa shape index (κ1) is 39.1. The third kappa shape index (κ3) is 8.45. The number of anilines is 2. The highest BCUT2D eigenvalue weighted by Crippen LogP contribution is 2.34. The summed E-state index contributed by atoms with van der Waals surface area (Å²) in [6.07, 6.45) is 0. The zero-order chi connectivity index (χ0) is 40.9. The van der Waals surface area contributed by atoms with E-state index >= 15 is 0 Å². The first-order chi connectivity index (χ1) is 28.8. The zero-order valence-electron chi connectivity index (χ0n) is 34.1. The number of piperazine rings is 2. The molecule has 3 aliphatic heterocycles. The van der Waals surface area contributed by atoms with E-state index in [0.29, 0.717) is 50.7 Å². The topological polar surface area (TPSA) is 110 Å². The van der Waals surface area contributed by atoms with Gasteiger partial charge in [-0.05, 0) is 87.5 Å². The van der Waals surface area contributed by atoms with Crippen LogP contribution >= 0.6 is 0 Å². The number of aromatic nitrogens is 4. The minimum absolute atomic E-state index is 0.0177. The maximum absolute atomic E-state index is 13.3. The molecule has 0 atom stereocenters. The summed E-state index contributed by atoms with van der Waals surface area (Å²) >= 11 is 0. The quantitative estimate of drug-likeness (QED) is 0.182. The van der Waals surface area contributed by atoms with Gasteiger partial charge in [0.1, 0.15) is 24.7 Å². The average molecular weight is 795 g/mol.